The maximum Gasteiger partial charge on any atom is 0.319 e. The van der Waals surface area contributed by atoms with Gasteiger partial charge in [0.05, 0.1) is 27.7 Å². The highest BCUT2D eigenvalue weighted by Crippen LogP contribution is 2.46. The summed E-state index contributed by atoms with van der Waals surface area (Å²) in [4.78, 5) is 27.8. The van der Waals surface area contributed by atoms with Gasteiger partial charge in [0.2, 0.25) is 5.91 Å². The van der Waals surface area contributed by atoms with Gasteiger partial charge in [-0.2, -0.15) is 9.97 Å². The first-order valence-electron chi connectivity index (χ1n) is 15.5. The van der Waals surface area contributed by atoms with Crippen LogP contribution in [0.25, 0.3) is 32.8 Å². The average molecular weight is 669 g/mol. The lowest BCUT2D eigenvalue weighted by molar-refractivity contribution is -0.127. The SMILES string of the molecule is C=CC(=O)N1CCC2[C@H]1CN2c1nc(OC[C@@]23CCCN2C[C@H](F)C3)nc2c(F)c(-c3cccc4ccc(F)c(Cl)c34)c(Cl)cc12. The fraction of sp³-hybridized carbons (Fsp3) is 0.382. The first-order valence-corrected chi connectivity index (χ1v) is 16.2. The van der Waals surface area contributed by atoms with Crippen LogP contribution >= 0.6 is 23.2 Å². The molecule has 5 heterocycles. The second kappa shape index (κ2) is 11.0. The minimum atomic E-state index is -0.932. The zero-order valence-corrected chi connectivity index (χ0v) is 26.3. The van der Waals surface area contributed by atoms with E-state index in [1.165, 1.54) is 12.1 Å². The molecule has 12 heteroatoms. The number of halogens is 5. The van der Waals surface area contributed by atoms with Crippen molar-refractivity contribution in [2.24, 2.45) is 0 Å². The Morgan fingerprint density at radius 1 is 1.13 bits per heavy atom. The van der Waals surface area contributed by atoms with Crippen LogP contribution in [-0.2, 0) is 4.79 Å². The van der Waals surface area contributed by atoms with Crippen molar-refractivity contribution in [3.8, 4) is 17.1 Å². The first kappa shape index (κ1) is 29.8. The van der Waals surface area contributed by atoms with Crippen molar-refractivity contribution >= 4 is 56.6 Å². The number of aromatic nitrogens is 2. The van der Waals surface area contributed by atoms with Gasteiger partial charge < -0.3 is 14.5 Å². The standard InChI is InChI=1S/C34H30Cl2F3N5O2/c1-2-26(45)43-12-9-24-25(43)16-44(24)32-21-13-22(35)28(20-6-3-5-18-7-8-23(38)29(36)27(18)20)30(39)31(21)40-33(41-32)46-17-34-10-4-11-42(34)15-19(37)14-34/h2-3,5-8,13,19,24-25H,1,4,9-12,14-17H2/t19-,24?,25-,34+/m1/s1. The van der Waals surface area contributed by atoms with Gasteiger partial charge in [0.15, 0.2) is 5.82 Å². The van der Waals surface area contributed by atoms with E-state index < -0.39 is 23.3 Å². The lowest BCUT2D eigenvalue weighted by Gasteiger charge is -2.47. The van der Waals surface area contributed by atoms with E-state index in [0.29, 0.717) is 60.0 Å². The molecule has 238 valence electrons. The second-order valence-corrected chi connectivity index (χ2v) is 13.5. The zero-order valence-electron chi connectivity index (χ0n) is 24.8. The van der Waals surface area contributed by atoms with Crippen LogP contribution in [0.1, 0.15) is 25.7 Å². The Morgan fingerprint density at radius 2 is 1.98 bits per heavy atom. The van der Waals surface area contributed by atoms with Crippen LogP contribution in [0.2, 0.25) is 10.0 Å². The molecule has 8 rings (SSSR count). The molecule has 4 aliphatic rings. The van der Waals surface area contributed by atoms with Crippen LogP contribution in [0.4, 0.5) is 19.0 Å². The van der Waals surface area contributed by atoms with Crippen LogP contribution < -0.4 is 9.64 Å². The molecule has 0 radical (unpaired) electrons. The average Bonchev–Trinajstić information content (AvgIpc) is 3.67. The molecule has 1 aromatic heterocycles. The summed E-state index contributed by atoms with van der Waals surface area (Å²) in [6, 6.07) is 9.52. The number of carbonyl (C=O) groups excluding carboxylic acids is 1. The second-order valence-electron chi connectivity index (χ2n) is 12.7. The number of hydrogen-bond acceptors (Lipinski definition) is 6. The van der Waals surface area contributed by atoms with Crippen LogP contribution in [-0.4, -0.2) is 82.3 Å². The highest BCUT2D eigenvalue weighted by atomic mass is 35.5. The Balaban J connectivity index is 1.26. The van der Waals surface area contributed by atoms with E-state index in [4.69, 9.17) is 32.9 Å². The molecule has 0 aliphatic carbocycles. The number of likely N-dealkylation sites (tertiary alicyclic amines) is 1. The maximum absolute atomic E-state index is 16.9. The van der Waals surface area contributed by atoms with Gasteiger partial charge in [-0.1, -0.05) is 54.0 Å². The number of hydrogen-bond donors (Lipinski definition) is 0. The molecule has 1 amide bonds. The van der Waals surface area contributed by atoms with Gasteiger partial charge in [-0.25, -0.2) is 13.2 Å². The number of fused-ring (bicyclic) bond motifs is 4. The zero-order chi connectivity index (χ0) is 31.9. The van der Waals surface area contributed by atoms with Gasteiger partial charge in [0, 0.05) is 42.4 Å². The highest BCUT2D eigenvalue weighted by Gasteiger charge is 2.51. The third kappa shape index (κ3) is 4.47. The van der Waals surface area contributed by atoms with Crippen molar-refractivity contribution in [3.63, 3.8) is 0 Å². The molecule has 0 bridgehead atoms. The number of alkyl halides is 1. The molecule has 7 nitrogen and oxygen atoms in total. The third-order valence-electron chi connectivity index (χ3n) is 10.3. The molecular formula is C34H30Cl2F3N5O2. The molecule has 46 heavy (non-hydrogen) atoms. The summed E-state index contributed by atoms with van der Waals surface area (Å²) in [5, 5.41) is 1.30. The summed E-state index contributed by atoms with van der Waals surface area (Å²) in [5.41, 5.74) is -0.109. The topological polar surface area (TPSA) is 61.8 Å². The third-order valence-corrected chi connectivity index (χ3v) is 11.0. The Labute approximate surface area is 273 Å². The molecule has 3 aromatic carbocycles. The van der Waals surface area contributed by atoms with E-state index in [1.807, 2.05) is 4.90 Å². The summed E-state index contributed by atoms with van der Waals surface area (Å²) >= 11 is 13.3. The summed E-state index contributed by atoms with van der Waals surface area (Å²) in [7, 11) is 0. The molecule has 4 saturated heterocycles. The number of ether oxygens (including phenoxy) is 1. The minimum absolute atomic E-state index is 0.0139. The van der Waals surface area contributed by atoms with Crippen LogP contribution in [0, 0.1) is 11.6 Å². The molecule has 4 atom stereocenters. The van der Waals surface area contributed by atoms with E-state index in [-0.39, 0.29) is 51.7 Å². The van der Waals surface area contributed by atoms with Crippen molar-refractivity contribution in [2.75, 3.05) is 37.7 Å². The van der Waals surface area contributed by atoms with Crippen LogP contribution in [0.3, 0.4) is 0 Å². The number of anilines is 1. The van der Waals surface area contributed by atoms with Gasteiger partial charge in [-0.05, 0) is 55.0 Å². The van der Waals surface area contributed by atoms with E-state index in [1.54, 1.807) is 35.2 Å². The number of rotatable bonds is 6. The summed E-state index contributed by atoms with van der Waals surface area (Å²) in [5.74, 6) is -1.04. The van der Waals surface area contributed by atoms with E-state index in [0.717, 1.165) is 19.4 Å². The van der Waals surface area contributed by atoms with Gasteiger partial charge in [0.1, 0.15) is 29.9 Å². The molecule has 0 N–H and O–H groups in total. The Kier molecular flexibility index (Phi) is 7.12. The molecule has 4 aromatic rings. The van der Waals surface area contributed by atoms with E-state index >= 15 is 4.39 Å². The van der Waals surface area contributed by atoms with Gasteiger partial charge >= 0.3 is 6.01 Å². The summed E-state index contributed by atoms with van der Waals surface area (Å²) in [6.07, 6.45) is 3.19. The molecule has 4 fully saturated rings. The Morgan fingerprint density at radius 3 is 2.80 bits per heavy atom. The Hall–Kier alpha value is -3.60. The molecule has 1 unspecified atom stereocenters. The van der Waals surface area contributed by atoms with Crippen molar-refractivity contribution < 1.29 is 22.7 Å². The number of amides is 1. The van der Waals surface area contributed by atoms with Gasteiger partial charge in [0.25, 0.3) is 0 Å². The maximum atomic E-state index is 16.9. The van der Waals surface area contributed by atoms with E-state index in [2.05, 4.69) is 16.5 Å². The minimum Gasteiger partial charge on any atom is -0.461 e. The molecule has 4 aliphatic heterocycles. The van der Waals surface area contributed by atoms with Crippen molar-refractivity contribution in [1.29, 1.82) is 0 Å². The lowest BCUT2D eigenvalue weighted by Crippen LogP contribution is -2.63. The smallest absolute Gasteiger partial charge is 0.319 e. The van der Waals surface area contributed by atoms with E-state index in [9.17, 15) is 13.6 Å². The largest absolute Gasteiger partial charge is 0.461 e. The molecular weight excluding hydrogens is 638 g/mol. The fourth-order valence-electron chi connectivity index (χ4n) is 8.11. The number of carbonyl (C=O) groups is 1. The monoisotopic (exact) mass is 667 g/mol. The fourth-order valence-corrected chi connectivity index (χ4v) is 8.68. The van der Waals surface area contributed by atoms with Gasteiger partial charge in [-0.3, -0.25) is 9.69 Å². The first-order chi connectivity index (χ1) is 22.2. The predicted molar refractivity (Wildman–Crippen MR) is 172 cm³/mol. The molecule has 0 spiro atoms. The predicted octanol–water partition coefficient (Wildman–Crippen LogP) is 6.97. The Bertz CT molecular complexity index is 1940. The summed E-state index contributed by atoms with van der Waals surface area (Å²) in [6.45, 7) is 6.02. The summed E-state index contributed by atoms with van der Waals surface area (Å²) < 4.78 is 52.2. The highest BCUT2D eigenvalue weighted by molar-refractivity contribution is 6.38. The lowest BCUT2D eigenvalue weighted by atomic mass is 9.94. The van der Waals surface area contributed by atoms with Crippen LogP contribution in [0.15, 0.2) is 49.1 Å². The number of benzene rings is 3. The normalized spacial score (nSPS) is 25.6. The van der Waals surface area contributed by atoms with Crippen molar-refractivity contribution in [1.82, 2.24) is 19.8 Å². The van der Waals surface area contributed by atoms with Crippen molar-refractivity contribution in [3.05, 3.63) is 70.7 Å². The van der Waals surface area contributed by atoms with Crippen LogP contribution in [0.5, 0.6) is 6.01 Å². The van der Waals surface area contributed by atoms with Crippen molar-refractivity contribution in [2.45, 2.75) is 49.5 Å². The quantitative estimate of drug-likeness (QED) is 0.207. The molecule has 0 saturated carbocycles. The number of nitrogens with zero attached hydrogens (tertiary/aromatic N) is 5. The van der Waals surface area contributed by atoms with Gasteiger partial charge in [-0.15, -0.1) is 0 Å².